The Morgan fingerprint density at radius 1 is 1.45 bits per heavy atom. The van der Waals surface area contributed by atoms with Crippen molar-refractivity contribution in [2.75, 3.05) is 7.11 Å². The Balaban J connectivity index is 1.83. The molecular weight excluding hydrogens is 260 g/mol. The van der Waals surface area contributed by atoms with Crippen molar-refractivity contribution in [3.8, 4) is 5.75 Å². The summed E-state index contributed by atoms with van der Waals surface area (Å²) < 4.78 is 12.6. The number of nitrogens with zero attached hydrogens (tertiary/aromatic N) is 3. The number of hydrogen-bond acceptors (Lipinski definition) is 5. The molecule has 3 rings (SSSR count). The zero-order valence-corrected chi connectivity index (χ0v) is 10.9. The molecule has 1 aliphatic rings. The molecule has 2 aromatic rings. The number of carbonyl (C=O) groups excluding carboxylic acids is 1. The van der Waals surface area contributed by atoms with Gasteiger partial charge < -0.3 is 15.2 Å². The van der Waals surface area contributed by atoms with E-state index in [0.717, 1.165) is 11.3 Å². The van der Waals surface area contributed by atoms with E-state index in [1.165, 1.54) is 0 Å². The standard InChI is InChI=1S/C13H14N4O3/c1-19-9-4-2-8(3-5-9)11-6-17-10(7-20-11)12(13(14)18)15-16-17/h2-5,11H,6-7H2,1H3,(H2,14,18)/t11-/m1/s1. The van der Waals surface area contributed by atoms with Crippen molar-refractivity contribution in [3.63, 3.8) is 0 Å². The SMILES string of the molecule is COc1ccc([C@H]2Cn3nnc(C(N)=O)c3CO2)cc1. The van der Waals surface area contributed by atoms with E-state index in [4.69, 9.17) is 15.2 Å². The largest absolute Gasteiger partial charge is 0.497 e. The summed E-state index contributed by atoms with van der Waals surface area (Å²) in [6, 6.07) is 7.65. The average Bonchev–Trinajstić information content (AvgIpc) is 2.90. The van der Waals surface area contributed by atoms with Crippen molar-refractivity contribution in [2.45, 2.75) is 19.3 Å². The van der Waals surface area contributed by atoms with Gasteiger partial charge in [0.1, 0.15) is 11.9 Å². The van der Waals surface area contributed by atoms with E-state index in [1.54, 1.807) is 11.8 Å². The molecule has 7 nitrogen and oxygen atoms in total. The van der Waals surface area contributed by atoms with Gasteiger partial charge in [-0.3, -0.25) is 4.79 Å². The zero-order chi connectivity index (χ0) is 14.1. The highest BCUT2D eigenvalue weighted by Crippen LogP contribution is 2.27. The maximum absolute atomic E-state index is 11.2. The van der Waals surface area contributed by atoms with E-state index in [9.17, 15) is 4.79 Å². The highest BCUT2D eigenvalue weighted by Gasteiger charge is 2.26. The lowest BCUT2D eigenvalue weighted by Crippen LogP contribution is -2.24. The van der Waals surface area contributed by atoms with E-state index >= 15 is 0 Å². The molecule has 1 aliphatic heterocycles. The number of fused-ring (bicyclic) bond motifs is 1. The minimum Gasteiger partial charge on any atom is -0.497 e. The molecule has 0 aliphatic carbocycles. The Hall–Kier alpha value is -2.41. The normalized spacial score (nSPS) is 17.6. The van der Waals surface area contributed by atoms with Crippen molar-refractivity contribution in [2.24, 2.45) is 5.73 Å². The fraction of sp³-hybridized carbons (Fsp3) is 0.308. The fourth-order valence-electron chi connectivity index (χ4n) is 2.22. The van der Waals surface area contributed by atoms with Gasteiger partial charge in [-0.15, -0.1) is 5.10 Å². The molecule has 0 saturated heterocycles. The number of hydrogen-bond donors (Lipinski definition) is 1. The number of methoxy groups -OCH3 is 1. The summed E-state index contributed by atoms with van der Waals surface area (Å²) in [6.45, 7) is 0.768. The van der Waals surface area contributed by atoms with E-state index < -0.39 is 5.91 Å². The van der Waals surface area contributed by atoms with Gasteiger partial charge in [0.2, 0.25) is 0 Å². The second-order valence-electron chi connectivity index (χ2n) is 4.50. The molecule has 2 N–H and O–H groups in total. The van der Waals surface area contributed by atoms with Gasteiger partial charge in [0.15, 0.2) is 5.69 Å². The third-order valence-electron chi connectivity index (χ3n) is 3.32. The van der Waals surface area contributed by atoms with Crippen molar-refractivity contribution >= 4 is 5.91 Å². The highest BCUT2D eigenvalue weighted by atomic mass is 16.5. The average molecular weight is 274 g/mol. The van der Waals surface area contributed by atoms with Gasteiger partial charge in [-0.05, 0) is 17.7 Å². The molecule has 0 saturated carbocycles. The molecule has 2 heterocycles. The van der Waals surface area contributed by atoms with Gasteiger partial charge in [0.25, 0.3) is 5.91 Å². The molecule has 1 aromatic heterocycles. The first-order valence-corrected chi connectivity index (χ1v) is 6.16. The number of benzene rings is 1. The van der Waals surface area contributed by atoms with E-state index in [2.05, 4.69) is 10.3 Å². The van der Waals surface area contributed by atoms with Gasteiger partial charge >= 0.3 is 0 Å². The van der Waals surface area contributed by atoms with Crippen LogP contribution in [0.3, 0.4) is 0 Å². The van der Waals surface area contributed by atoms with Crippen molar-refractivity contribution in [1.29, 1.82) is 0 Å². The van der Waals surface area contributed by atoms with Crippen LogP contribution in [0.5, 0.6) is 5.75 Å². The number of rotatable bonds is 3. The van der Waals surface area contributed by atoms with Gasteiger partial charge in [-0.1, -0.05) is 17.3 Å². The first-order valence-electron chi connectivity index (χ1n) is 6.16. The van der Waals surface area contributed by atoms with Crippen LogP contribution in [0.1, 0.15) is 27.8 Å². The second kappa shape index (κ2) is 4.93. The number of primary amides is 1. The molecule has 20 heavy (non-hydrogen) atoms. The minimum atomic E-state index is -0.585. The van der Waals surface area contributed by atoms with Crippen LogP contribution in [0.2, 0.25) is 0 Å². The molecular formula is C13H14N4O3. The van der Waals surface area contributed by atoms with Crippen molar-refractivity contribution in [1.82, 2.24) is 15.0 Å². The summed E-state index contributed by atoms with van der Waals surface area (Å²) in [5, 5.41) is 7.74. The molecule has 0 unspecified atom stereocenters. The van der Waals surface area contributed by atoms with Gasteiger partial charge in [0.05, 0.1) is 26.0 Å². The Kier molecular flexibility index (Phi) is 3.11. The monoisotopic (exact) mass is 274 g/mol. The number of carbonyl (C=O) groups is 1. The summed E-state index contributed by atoms with van der Waals surface area (Å²) in [5.41, 5.74) is 7.06. The van der Waals surface area contributed by atoms with Crippen LogP contribution in [0.4, 0.5) is 0 Å². The molecule has 7 heteroatoms. The molecule has 0 fully saturated rings. The minimum absolute atomic E-state index is 0.129. The molecule has 0 radical (unpaired) electrons. The lowest BCUT2D eigenvalue weighted by atomic mass is 10.1. The summed E-state index contributed by atoms with van der Waals surface area (Å²) in [4.78, 5) is 11.2. The van der Waals surface area contributed by atoms with Crippen LogP contribution < -0.4 is 10.5 Å². The lowest BCUT2D eigenvalue weighted by molar-refractivity contribution is -0.00175. The van der Waals surface area contributed by atoms with Crippen molar-refractivity contribution < 1.29 is 14.3 Å². The summed E-state index contributed by atoms with van der Waals surface area (Å²) in [6.07, 6.45) is -0.129. The van der Waals surface area contributed by atoms with Gasteiger partial charge in [0, 0.05) is 0 Å². The molecule has 104 valence electrons. The predicted molar refractivity (Wildman–Crippen MR) is 69.1 cm³/mol. The molecule has 1 atom stereocenters. The fourth-order valence-corrected chi connectivity index (χ4v) is 2.22. The van der Waals surface area contributed by atoms with Crippen LogP contribution in [-0.2, 0) is 17.9 Å². The van der Waals surface area contributed by atoms with E-state index in [-0.39, 0.29) is 18.4 Å². The Morgan fingerprint density at radius 3 is 2.85 bits per heavy atom. The Bertz CT molecular complexity index is 636. The van der Waals surface area contributed by atoms with Crippen LogP contribution in [0.15, 0.2) is 24.3 Å². The van der Waals surface area contributed by atoms with E-state index in [0.29, 0.717) is 12.2 Å². The summed E-state index contributed by atoms with van der Waals surface area (Å²) >= 11 is 0. The van der Waals surface area contributed by atoms with Crippen LogP contribution in [-0.4, -0.2) is 28.0 Å². The molecule has 1 aromatic carbocycles. The van der Waals surface area contributed by atoms with Gasteiger partial charge in [-0.25, -0.2) is 4.68 Å². The van der Waals surface area contributed by atoms with Gasteiger partial charge in [-0.2, -0.15) is 0 Å². The van der Waals surface area contributed by atoms with Crippen LogP contribution >= 0.6 is 0 Å². The molecule has 0 bridgehead atoms. The van der Waals surface area contributed by atoms with Crippen LogP contribution in [0, 0.1) is 0 Å². The summed E-state index contributed by atoms with van der Waals surface area (Å²) in [5.74, 6) is 0.208. The first kappa shape index (κ1) is 12.6. The second-order valence-corrected chi connectivity index (χ2v) is 4.50. The third kappa shape index (κ3) is 2.12. The molecule has 0 spiro atoms. The number of amides is 1. The predicted octanol–water partition coefficient (Wildman–Crippen LogP) is 0.657. The Morgan fingerprint density at radius 2 is 2.20 bits per heavy atom. The molecule has 1 amide bonds. The quantitative estimate of drug-likeness (QED) is 0.887. The number of aromatic nitrogens is 3. The highest BCUT2D eigenvalue weighted by molar-refractivity contribution is 5.91. The third-order valence-corrected chi connectivity index (χ3v) is 3.32. The van der Waals surface area contributed by atoms with E-state index in [1.807, 2.05) is 24.3 Å². The first-order chi connectivity index (χ1) is 9.69. The lowest BCUT2D eigenvalue weighted by Gasteiger charge is -2.24. The summed E-state index contributed by atoms with van der Waals surface area (Å²) in [7, 11) is 1.62. The number of ether oxygens (including phenoxy) is 2. The number of nitrogens with two attached hydrogens (primary N) is 1. The van der Waals surface area contributed by atoms with Crippen molar-refractivity contribution in [3.05, 3.63) is 41.2 Å². The maximum Gasteiger partial charge on any atom is 0.271 e. The maximum atomic E-state index is 11.2. The van der Waals surface area contributed by atoms with Crippen LogP contribution in [0.25, 0.3) is 0 Å². The zero-order valence-electron chi connectivity index (χ0n) is 10.9. The smallest absolute Gasteiger partial charge is 0.271 e. The Labute approximate surface area is 115 Å². The topological polar surface area (TPSA) is 92.3 Å².